The molecule has 2 N–H and O–H groups in total. The maximum absolute atomic E-state index is 5.06. The van der Waals surface area contributed by atoms with Gasteiger partial charge in [-0.2, -0.15) is 4.98 Å². The van der Waals surface area contributed by atoms with Crippen LogP contribution in [0.15, 0.2) is 39.8 Å². The Kier molecular flexibility index (Phi) is 8.60. The minimum Gasteiger partial charge on any atom is -0.354 e. The number of aliphatic imine (C=N–C) groups is 1. The van der Waals surface area contributed by atoms with Crippen LogP contribution in [-0.4, -0.2) is 29.2 Å². The minimum absolute atomic E-state index is 0. The number of nitrogens with one attached hydrogen (secondary N) is 2. The predicted molar refractivity (Wildman–Crippen MR) is 102 cm³/mol. The molecule has 0 aliphatic carbocycles. The van der Waals surface area contributed by atoms with Crippen molar-refractivity contribution in [1.82, 2.24) is 20.8 Å². The van der Waals surface area contributed by atoms with E-state index < -0.39 is 0 Å². The van der Waals surface area contributed by atoms with Crippen molar-refractivity contribution < 1.29 is 4.52 Å². The van der Waals surface area contributed by atoms with Crippen LogP contribution in [0.1, 0.15) is 30.6 Å². The standard InChI is InChI=1S/C16H23N5O.HI/c1-12(9-10-14-7-5-4-6-8-14)19-16(17-3)18-11-15-20-13(2)21-22-15;/h4-8,12H,9-11H2,1-3H3,(H2,17,18,19);1H. The summed E-state index contributed by atoms with van der Waals surface area (Å²) in [4.78, 5) is 8.36. The van der Waals surface area contributed by atoms with Crippen molar-refractivity contribution in [2.24, 2.45) is 4.99 Å². The van der Waals surface area contributed by atoms with Crippen LogP contribution in [0.2, 0.25) is 0 Å². The van der Waals surface area contributed by atoms with Crippen LogP contribution in [0.4, 0.5) is 0 Å². The third-order valence-corrected chi connectivity index (χ3v) is 3.29. The number of nitrogens with zero attached hydrogens (tertiary/aromatic N) is 3. The molecule has 0 saturated heterocycles. The number of guanidine groups is 1. The Morgan fingerprint density at radius 1 is 1.30 bits per heavy atom. The fraction of sp³-hybridized carbons (Fsp3) is 0.438. The number of rotatable bonds is 6. The predicted octanol–water partition coefficient (Wildman–Crippen LogP) is 2.68. The Morgan fingerprint density at radius 2 is 2.04 bits per heavy atom. The van der Waals surface area contributed by atoms with Crippen molar-refractivity contribution in [2.45, 2.75) is 39.3 Å². The van der Waals surface area contributed by atoms with Crippen LogP contribution in [0.5, 0.6) is 0 Å². The van der Waals surface area contributed by atoms with E-state index in [1.807, 2.05) is 6.07 Å². The van der Waals surface area contributed by atoms with Gasteiger partial charge in [0, 0.05) is 13.1 Å². The van der Waals surface area contributed by atoms with Gasteiger partial charge in [0.2, 0.25) is 5.89 Å². The third-order valence-electron chi connectivity index (χ3n) is 3.29. The molecule has 0 spiro atoms. The van der Waals surface area contributed by atoms with Crippen molar-refractivity contribution in [3.05, 3.63) is 47.6 Å². The molecule has 1 unspecified atom stereocenters. The van der Waals surface area contributed by atoms with Gasteiger partial charge in [-0.25, -0.2) is 0 Å². The normalized spacial score (nSPS) is 12.4. The first-order valence-electron chi connectivity index (χ1n) is 7.47. The molecule has 2 aromatic rings. The molecule has 1 aromatic heterocycles. The molecule has 0 aliphatic heterocycles. The zero-order chi connectivity index (χ0) is 15.8. The molecule has 0 aliphatic rings. The van der Waals surface area contributed by atoms with Gasteiger partial charge in [0.25, 0.3) is 0 Å². The highest BCUT2D eigenvalue weighted by atomic mass is 127. The Labute approximate surface area is 154 Å². The molecule has 7 heteroatoms. The topological polar surface area (TPSA) is 75.3 Å². The molecule has 0 fully saturated rings. The Morgan fingerprint density at radius 3 is 2.65 bits per heavy atom. The van der Waals surface area contributed by atoms with Crippen molar-refractivity contribution in [1.29, 1.82) is 0 Å². The van der Waals surface area contributed by atoms with Crippen molar-refractivity contribution in [3.63, 3.8) is 0 Å². The van der Waals surface area contributed by atoms with Crippen LogP contribution < -0.4 is 10.6 Å². The summed E-state index contributed by atoms with van der Waals surface area (Å²) in [5.74, 6) is 1.92. The average molecular weight is 429 g/mol. The maximum Gasteiger partial charge on any atom is 0.246 e. The molecule has 1 heterocycles. The SMILES string of the molecule is CN=C(NCc1nc(C)no1)NC(C)CCc1ccccc1.I. The second-order valence-corrected chi connectivity index (χ2v) is 5.23. The summed E-state index contributed by atoms with van der Waals surface area (Å²) in [7, 11) is 1.75. The average Bonchev–Trinajstić information content (AvgIpc) is 2.96. The quantitative estimate of drug-likeness (QED) is 0.420. The van der Waals surface area contributed by atoms with Gasteiger partial charge >= 0.3 is 0 Å². The molecule has 2 rings (SSSR count). The van der Waals surface area contributed by atoms with Crippen molar-refractivity contribution in [2.75, 3.05) is 7.05 Å². The first-order chi connectivity index (χ1) is 10.7. The van der Waals surface area contributed by atoms with Gasteiger partial charge in [0.15, 0.2) is 11.8 Å². The largest absolute Gasteiger partial charge is 0.354 e. The van der Waals surface area contributed by atoms with E-state index in [-0.39, 0.29) is 24.0 Å². The van der Waals surface area contributed by atoms with E-state index in [0.717, 1.165) is 18.8 Å². The first kappa shape index (κ1) is 19.4. The third kappa shape index (κ3) is 6.98. The lowest BCUT2D eigenvalue weighted by Gasteiger charge is -2.17. The Bertz CT molecular complexity index is 600. The maximum atomic E-state index is 5.06. The fourth-order valence-corrected chi connectivity index (χ4v) is 2.10. The number of halogens is 1. The molecule has 23 heavy (non-hydrogen) atoms. The van der Waals surface area contributed by atoms with Crippen molar-refractivity contribution in [3.8, 4) is 0 Å². The summed E-state index contributed by atoms with van der Waals surface area (Å²) in [6.07, 6.45) is 2.07. The van der Waals surface area contributed by atoms with Gasteiger partial charge in [-0.05, 0) is 32.3 Å². The summed E-state index contributed by atoms with van der Waals surface area (Å²) >= 11 is 0. The highest BCUT2D eigenvalue weighted by Gasteiger charge is 2.07. The Balaban J connectivity index is 0.00000264. The number of aryl methyl sites for hydroxylation is 2. The zero-order valence-corrected chi connectivity index (χ0v) is 16.1. The van der Waals surface area contributed by atoms with Crippen LogP contribution in [0, 0.1) is 6.92 Å². The van der Waals surface area contributed by atoms with Crippen LogP contribution in [0.25, 0.3) is 0 Å². The van der Waals surface area contributed by atoms with E-state index in [1.54, 1.807) is 14.0 Å². The van der Waals surface area contributed by atoms with E-state index in [0.29, 0.717) is 24.3 Å². The molecule has 0 amide bonds. The van der Waals surface area contributed by atoms with Crippen LogP contribution >= 0.6 is 24.0 Å². The summed E-state index contributed by atoms with van der Waals surface area (Å²) in [5.41, 5.74) is 1.35. The lowest BCUT2D eigenvalue weighted by atomic mass is 10.1. The van der Waals surface area contributed by atoms with E-state index in [2.05, 4.69) is 57.0 Å². The smallest absolute Gasteiger partial charge is 0.246 e. The minimum atomic E-state index is 0. The van der Waals surface area contributed by atoms with Gasteiger partial charge in [0.05, 0.1) is 6.54 Å². The van der Waals surface area contributed by atoms with Crippen LogP contribution in [-0.2, 0) is 13.0 Å². The highest BCUT2D eigenvalue weighted by molar-refractivity contribution is 14.0. The molecule has 126 valence electrons. The van der Waals surface area contributed by atoms with Gasteiger partial charge in [-0.15, -0.1) is 24.0 Å². The van der Waals surface area contributed by atoms with Gasteiger partial charge in [-0.3, -0.25) is 4.99 Å². The van der Waals surface area contributed by atoms with Gasteiger partial charge in [0.1, 0.15) is 0 Å². The summed E-state index contributed by atoms with van der Waals surface area (Å²) in [6, 6.07) is 10.8. The molecule has 1 atom stereocenters. The number of hydrogen-bond acceptors (Lipinski definition) is 4. The zero-order valence-electron chi connectivity index (χ0n) is 13.7. The second-order valence-electron chi connectivity index (χ2n) is 5.23. The lowest BCUT2D eigenvalue weighted by molar-refractivity contribution is 0.371. The van der Waals surface area contributed by atoms with Crippen LogP contribution in [0.3, 0.4) is 0 Å². The summed E-state index contributed by atoms with van der Waals surface area (Å²) in [5, 5.41) is 10.3. The van der Waals surface area contributed by atoms with Gasteiger partial charge in [-0.1, -0.05) is 35.5 Å². The Hall–Kier alpha value is -1.64. The molecule has 0 radical (unpaired) electrons. The number of benzene rings is 1. The van der Waals surface area contributed by atoms with E-state index in [1.165, 1.54) is 5.56 Å². The fourth-order valence-electron chi connectivity index (χ4n) is 2.10. The first-order valence-corrected chi connectivity index (χ1v) is 7.47. The van der Waals surface area contributed by atoms with Gasteiger partial charge < -0.3 is 15.2 Å². The number of hydrogen-bond donors (Lipinski definition) is 2. The molecule has 0 saturated carbocycles. The molecular formula is C16H24IN5O. The monoisotopic (exact) mass is 429 g/mol. The van der Waals surface area contributed by atoms with Crippen molar-refractivity contribution >= 4 is 29.9 Å². The highest BCUT2D eigenvalue weighted by Crippen LogP contribution is 2.04. The molecule has 1 aromatic carbocycles. The summed E-state index contributed by atoms with van der Waals surface area (Å²) in [6.45, 7) is 4.41. The van der Waals surface area contributed by atoms with E-state index in [4.69, 9.17) is 4.52 Å². The summed E-state index contributed by atoms with van der Waals surface area (Å²) < 4.78 is 5.06. The van der Waals surface area contributed by atoms with E-state index >= 15 is 0 Å². The molecular weight excluding hydrogens is 405 g/mol. The number of aromatic nitrogens is 2. The lowest BCUT2D eigenvalue weighted by Crippen LogP contribution is -2.42. The molecule has 0 bridgehead atoms. The van der Waals surface area contributed by atoms with E-state index in [9.17, 15) is 0 Å². The molecule has 6 nitrogen and oxygen atoms in total. The second kappa shape index (κ2) is 10.2.